The molecule has 1 aliphatic rings. The van der Waals surface area contributed by atoms with Crippen molar-refractivity contribution >= 4 is 17.3 Å². The van der Waals surface area contributed by atoms with Gasteiger partial charge in [-0.05, 0) is 17.0 Å². The lowest BCUT2D eigenvalue weighted by atomic mass is 10.0. The van der Waals surface area contributed by atoms with Crippen LogP contribution in [-0.2, 0) is 9.63 Å². The first-order valence-corrected chi connectivity index (χ1v) is 6.13. The molecule has 0 fully saturated rings. The van der Waals surface area contributed by atoms with Gasteiger partial charge in [0, 0.05) is 11.4 Å². The minimum absolute atomic E-state index is 0.0215. The van der Waals surface area contributed by atoms with Gasteiger partial charge >= 0.3 is 5.97 Å². The van der Waals surface area contributed by atoms with Crippen molar-refractivity contribution < 1.29 is 14.7 Å². The number of carboxylic acids is 1. The van der Waals surface area contributed by atoms with Crippen LogP contribution in [-0.4, -0.2) is 24.2 Å². The van der Waals surface area contributed by atoms with Gasteiger partial charge in [-0.15, -0.1) is 17.9 Å². The lowest BCUT2D eigenvalue weighted by Crippen LogP contribution is -2.41. The van der Waals surface area contributed by atoms with E-state index in [9.17, 15) is 4.79 Å². The van der Waals surface area contributed by atoms with Crippen molar-refractivity contribution in [2.45, 2.75) is 12.1 Å². The summed E-state index contributed by atoms with van der Waals surface area (Å²) in [6.07, 6.45) is 1.65. The molecule has 0 aromatic carbocycles. The van der Waals surface area contributed by atoms with E-state index in [4.69, 9.17) is 9.94 Å². The van der Waals surface area contributed by atoms with E-state index in [-0.39, 0.29) is 6.04 Å². The lowest BCUT2D eigenvalue weighted by molar-refractivity contribution is -0.139. The van der Waals surface area contributed by atoms with E-state index in [1.165, 1.54) is 11.3 Å². The molecule has 2 atom stereocenters. The van der Waals surface area contributed by atoms with Crippen LogP contribution in [0.1, 0.15) is 22.5 Å². The third-order valence-corrected chi connectivity index (χ3v) is 3.56. The Morgan fingerprint density at radius 3 is 3.35 bits per heavy atom. The number of hydrogen-bond acceptors (Lipinski definition) is 5. The van der Waals surface area contributed by atoms with Crippen molar-refractivity contribution in [3.05, 3.63) is 34.5 Å². The number of fused-ring (bicyclic) bond motifs is 1. The number of carboxylic acid groups (broad SMARTS) is 1. The van der Waals surface area contributed by atoms with Crippen LogP contribution in [0.15, 0.2) is 24.1 Å². The summed E-state index contributed by atoms with van der Waals surface area (Å²) < 4.78 is 0. The molecule has 0 saturated carbocycles. The molecule has 1 aliphatic heterocycles. The zero-order valence-corrected chi connectivity index (χ0v) is 10.00. The Kier molecular flexibility index (Phi) is 3.90. The fourth-order valence-electron chi connectivity index (χ4n) is 1.80. The Bertz CT molecular complexity index is 419. The van der Waals surface area contributed by atoms with E-state index in [0.717, 1.165) is 10.4 Å². The van der Waals surface area contributed by atoms with Crippen LogP contribution in [0, 0.1) is 0 Å². The van der Waals surface area contributed by atoms with Gasteiger partial charge in [0.2, 0.25) is 0 Å². The number of hydrogen-bond donors (Lipinski definition) is 3. The molecule has 0 amide bonds. The zero-order valence-electron chi connectivity index (χ0n) is 9.18. The molecule has 2 heterocycles. The molecule has 1 aromatic heterocycles. The third-order valence-electron chi connectivity index (χ3n) is 2.56. The standard InChI is InChI=1S/C11H14N2O3S/c1-2-4-16-13-8-6-12-9(11(14)15)10-7(8)3-5-17-10/h2-3,5,8-9,12-13H,1,4,6H2,(H,14,15)/t8-,9+/m0/s1. The Morgan fingerprint density at radius 2 is 2.65 bits per heavy atom. The van der Waals surface area contributed by atoms with E-state index < -0.39 is 12.0 Å². The number of carbonyl (C=O) groups is 1. The van der Waals surface area contributed by atoms with Crippen molar-refractivity contribution in [3.63, 3.8) is 0 Å². The quantitative estimate of drug-likeness (QED) is 0.419. The summed E-state index contributed by atoms with van der Waals surface area (Å²) >= 11 is 1.45. The van der Waals surface area contributed by atoms with Gasteiger partial charge in [0.25, 0.3) is 0 Å². The topological polar surface area (TPSA) is 70.6 Å². The predicted molar refractivity (Wildman–Crippen MR) is 64.7 cm³/mol. The first kappa shape index (κ1) is 12.3. The van der Waals surface area contributed by atoms with E-state index in [1.807, 2.05) is 11.4 Å². The molecule has 0 radical (unpaired) electrons. The van der Waals surface area contributed by atoms with Crippen molar-refractivity contribution in [2.24, 2.45) is 0 Å². The summed E-state index contributed by atoms with van der Waals surface area (Å²) in [6, 6.07) is 1.31. The Balaban J connectivity index is 2.11. The summed E-state index contributed by atoms with van der Waals surface area (Å²) in [7, 11) is 0. The van der Waals surface area contributed by atoms with Crippen LogP contribution in [0.4, 0.5) is 0 Å². The van der Waals surface area contributed by atoms with Gasteiger partial charge in [-0.2, -0.15) is 5.48 Å². The number of thiophene rings is 1. The average molecular weight is 254 g/mol. The predicted octanol–water partition coefficient (Wildman–Crippen LogP) is 1.23. The molecule has 6 heteroatoms. The number of hydroxylamine groups is 1. The zero-order chi connectivity index (χ0) is 12.3. The molecule has 0 spiro atoms. The van der Waals surface area contributed by atoms with Gasteiger partial charge in [-0.1, -0.05) is 6.08 Å². The van der Waals surface area contributed by atoms with E-state index in [0.29, 0.717) is 13.2 Å². The number of aliphatic carboxylic acids is 1. The minimum Gasteiger partial charge on any atom is -0.480 e. The van der Waals surface area contributed by atoms with Crippen molar-refractivity contribution in [1.29, 1.82) is 0 Å². The second-order valence-corrected chi connectivity index (χ2v) is 4.64. The van der Waals surface area contributed by atoms with E-state index >= 15 is 0 Å². The summed E-state index contributed by atoms with van der Waals surface area (Å²) in [5.74, 6) is -0.848. The monoisotopic (exact) mass is 254 g/mol. The van der Waals surface area contributed by atoms with Gasteiger partial charge in [0.1, 0.15) is 6.04 Å². The van der Waals surface area contributed by atoms with Crippen LogP contribution >= 0.6 is 11.3 Å². The van der Waals surface area contributed by atoms with Crippen LogP contribution in [0.5, 0.6) is 0 Å². The number of nitrogens with one attached hydrogen (secondary N) is 2. The van der Waals surface area contributed by atoms with Gasteiger partial charge < -0.3 is 5.11 Å². The molecule has 0 aliphatic carbocycles. The summed E-state index contributed by atoms with van der Waals surface area (Å²) in [5, 5.41) is 14.0. The SMILES string of the molecule is C=CCON[C@H]1CN[C@@H](C(=O)O)c2sccc21. The highest BCUT2D eigenvalue weighted by Gasteiger charge is 2.32. The maximum atomic E-state index is 11.1. The smallest absolute Gasteiger partial charge is 0.326 e. The second-order valence-electron chi connectivity index (χ2n) is 3.69. The minimum atomic E-state index is -0.848. The normalized spacial score (nSPS) is 23.1. The van der Waals surface area contributed by atoms with E-state index in [1.54, 1.807) is 6.08 Å². The Labute approximate surface area is 103 Å². The van der Waals surface area contributed by atoms with E-state index in [2.05, 4.69) is 17.4 Å². The lowest BCUT2D eigenvalue weighted by Gasteiger charge is -2.28. The van der Waals surface area contributed by atoms with Gasteiger partial charge in [-0.3, -0.25) is 14.9 Å². The Morgan fingerprint density at radius 1 is 1.82 bits per heavy atom. The van der Waals surface area contributed by atoms with Crippen molar-refractivity contribution in [2.75, 3.05) is 13.2 Å². The fourth-order valence-corrected chi connectivity index (χ4v) is 2.83. The molecule has 2 rings (SSSR count). The van der Waals surface area contributed by atoms with Crippen LogP contribution in [0.2, 0.25) is 0 Å². The highest BCUT2D eigenvalue weighted by molar-refractivity contribution is 7.10. The second kappa shape index (κ2) is 5.42. The summed E-state index contributed by atoms with van der Waals surface area (Å²) in [4.78, 5) is 17.1. The molecule has 17 heavy (non-hydrogen) atoms. The maximum absolute atomic E-state index is 11.1. The van der Waals surface area contributed by atoms with Gasteiger partial charge in [0.05, 0.1) is 12.6 Å². The Hall–Kier alpha value is -1.21. The third kappa shape index (κ3) is 2.55. The first-order chi connectivity index (χ1) is 8.24. The largest absolute Gasteiger partial charge is 0.480 e. The molecule has 92 valence electrons. The van der Waals surface area contributed by atoms with Crippen molar-refractivity contribution in [3.8, 4) is 0 Å². The summed E-state index contributed by atoms with van der Waals surface area (Å²) in [6.45, 7) is 4.50. The molecule has 1 aromatic rings. The molecule has 5 nitrogen and oxygen atoms in total. The first-order valence-electron chi connectivity index (χ1n) is 5.25. The highest BCUT2D eigenvalue weighted by atomic mass is 32.1. The van der Waals surface area contributed by atoms with Gasteiger partial charge in [-0.25, -0.2) is 0 Å². The summed E-state index contributed by atoms with van der Waals surface area (Å²) in [5.41, 5.74) is 3.90. The molecule has 0 unspecified atom stereocenters. The van der Waals surface area contributed by atoms with Crippen molar-refractivity contribution in [1.82, 2.24) is 10.8 Å². The van der Waals surface area contributed by atoms with Crippen LogP contribution < -0.4 is 10.8 Å². The van der Waals surface area contributed by atoms with Gasteiger partial charge in [0.15, 0.2) is 0 Å². The molecule has 3 N–H and O–H groups in total. The molecular weight excluding hydrogens is 240 g/mol. The number of rotatable bonds is 5. The van der Waals surface area contributed by atoms with Crippen LogP contribution in [0.3, 0.4) is 0 Å². The molecule has 0 bridgehead atoms. The average Bonchev–Trinajstić information content (AvgIpc) is 2.78. The fraction of sp³-hybridized carbons (Fsp3) is 0.364. The highest BCUT2D eigenvalue weighted by Crippen LogP contribution is 2.33. The molecule has 0 saturated heterocycles. The van der Waals surface area contributed by atoms with Crippen LogP contribution in [0.25, 0.3) is 0 Å². The molecular formula is C11H14N2O3S. The maximum Gasteiger partial charge on any atom is 0.326 e.